The zero-order chi connectivity index (χ0) is 21.5. The van der Waals surface area contributed by atoms with Gasteiger partial charge in [0.1, 0.15) is 0 Å². The highest BCUT2D eigenvalue weighted by atomic mass is 32.2. The molecule has 3 rings (SSSR count). The molecule has 0 saturated heterocycles. The van der Waals surface area contributed by atoms with Crippen molar-refractivity contribution in [1.29, 1.82) is 0 Å². The van der Waals surface area contributed by atoms with Crippen molar-refractivity contribution >= 4 is 34.1 Å². The SMILES string of the molecule is C=CCn1c(SCC(=O)Nc2nccs2)nnc1-c1cc(OC)c(OC)c(OC)c1. The van der Waals surface area contributed by atoms with Crippen molar-refractivity contribution < 1.29 is 19.0 Å². The summed E-state index contributed by atoms with van der Waals surface area (Å²) in [5.74, 6) is 2.11. The highest BCUT2D eigenvalue weighted by molar-refractivity contribution is 7.99. The molecule has 0 aliphatic heterocycles. The van der Waals surface area contributed by atoms with Crippen LogP contribution in [-0.4, -0.2) is 52.7 Å². The highest BCUT2D eigenvalue weighted by Crippen LogP contribution is 2.41. The summed E-state index contributed by atoms with van der Waals surface area (Å²) in [7, 11) is 4.65. The molecule has 0 atom stereocenters. The standard InChI is InChI=1S/C19H21N5O4S2/c1-5-7-24-17(12-9-13(26-2)16(28-4)14(10-12)27-3)22-23-19(24)30-11-15(25)21-18-20-6-8-29-18/h5-6,8-10H,1,7,11H2,2-4H3,(H,20,21,25). The van der Waals surface area contributed by atoms with Crippen LogP contribution >= 0.6 is 23.1 Å². The molecule has 0 aliphatic rings. The lowest BCUT2D eigenvalue weighted by Gasteiger charge is -2.14. The molecule has 0 fully saturated rings. The van der Waals surface area contributed by atoms with E-state index in [9.17, 15) is 4.79 Å². The first-order valence-corrected chi connectivity index (χ1v) is 10.6. The second-order valence-corrected chi connectivity index (χ2v) is 7.63. The number of allylic oxidation sites excluding steroid dienone is 1. The molecule has 30 heavy (non-hydrogen) atoms. The van der Waals surface area contributed by atoms with Gasteiger partial charge in [-0.1, -0.05) is 17.8 Å². The molecule has 0 radical (unpaired) electrons. The number of carbonyl (C=O) groups excluding carboxylic acids is 1. The second-order valence-electron chi connectivity index (χ2n) is 5.79. The number of hydrogen-bond acceptors (Lipinski definition) is 9. The summed E-state index contributed by atoms with van der Waals surface area (Å²) in [5.41, 5.74) is 0.734. The Morgan fingerprint density at radius 1 is 1.23 bits per heavy atom. The lowest BCUT2D eigenvalue weighted by molar-refractivity contribution is -0.113. The molecule has 2 aromatic heterocycles. The molecule has 2 heterocycles. The summed E-state index contributed by atoms with van der Waals surface area (Å²) >= 11 is 2.64. The number of ether oxygens (including phenoxy) is 3. The van der Waals surface area contributed by atoms with Gasteiger partial charge in [0.15, 0.2) is 27.6 Å². The topological polar surface area (TPSA) is 100 Å². The first-order valence-electron chi connectivity index (χ1n) is 8.77. The van der Waals surface area contributed by atoms with Crippen LogP contribution in [0, 0.1) is 0 Å². The van der Waals surface area contributed by atoms with Gasteiger partial charge in [0.25, 0.3) is 0 Å². The van der Waals surface area contributed by atoms with Crippen molar-refractivity contribution in [3.05, 3.63) is 36.4 Å². The number of thiazole rings is 1. The Labute approximate surface area is 182 Å². The Morgan fingerprint density at radius 3 is 2.53 bits per heavy atom. The number of aromatic nitrogens is 4. The Morgan fingerprint density at radius 2 is 1.97 bits per heavy atom. The van der Waals surface area contributed by atoms with Crippen LogP contribution in [0.2, 0.25) is 0 Å². The van der Waals surface area contributed by atoms with Gasteiger partial charge in [-0.15, -0.1) is 28.1 Å². The van der Waals surface area contributed by atoms with Gasteiger partial charge in [-0.25, -0.2) is 4.98 Å². The van der Waals surface area contributed by atoms with Crippen molar-refractivity contribution in [3.63, 3.8) is 0 Å². The van der Waals surface area contributed by atoms with Crippen LogP contribution in [0.1, 0.15) is 0 Å². The maximum absolute atomic E-state index is 12.2. The molecular weight excluding hydrogens is 426 g/mol. The summed E-state index contributed by atoms with van der Waals surface area (Å²) < 4.78 is 18.1. The van der Waals surface area contributed by atoms with Crippen LogP contribution < -0.4 is 19.5 Å². The first kappa shape index (κ1) is 21.7. The fourth-order valence-corrected chi connectivity index (χ4v) is 3.98. The third-order valence-corrected chi connectivity index (χ3v) is 5.62. The number of nitrogens with one attached hydrogen (secondary N) is 1. The molecule has 158 valence electrons. The van der Waals surface area contributed by atoms with Crippen molar-refractivity contribution in [3.8, 4) is 28.6 Å². The van der Waals surface area contributed by atoms with E-state index in [1.807, 2.05) is 4.57 Å². The van der Waals surface area contributed by atoms with E-state index >= 15 is 0 Å². The predicted molar refractivity (Wildman–Crippen MR) is 117 cm³/mol. The number of thioether (sulfide) groups is 1. The summed E-state index contributed by atoms with van der Waals surface area (Å²) in [4.78, 5) is 16.2. The van der Waals surface area contributed by atoms with Gasteiger partial charge in [0, 0.05) is 23.7 Å². The fourth-order valence-electron chi connectivity index (χ4n) is 2.68. The summed E-state index contributed by atoms with van der Waals surface area (Å²) in [5, 5.41) is 14.3. The number of hydrogen-bond donors (Lipinski definition) is 1. The molecular formula is C19H21N5O4S2. The van der Waals surface area contributed by atoms with E-state index in [4.69, 9.17) is 14.2 Å². The first-order chi connectivity index (χ1) is 14.6. The van der Waals surface area contributed by atoms with E-state index in [-0.39, 0.29) is 11.7 Å². The fraction of sp³-hybridized carbons (Fsp3) is 0.263. The molecule has 0 bridgehead atoms. The van der Waals surface area contributed by atoms with Crippen molar-refractivity contribution in [2.45, 2.75) is 11.7 Å². The minimum atomic E-state index is -0.169. The van der Waals surface area contributed by atoms with Crippen LogP contribution in [0.15, 0.2) is 41.5 Å². The number of benzene rings is 1. The average Bonchev–Trinajstić information content (AvgIpc) is 3.41. The lowest BCUT2D eigenvalue weighted by atomic mass is 10.1. The number of nitrogens with zero attached hydrogens (tertiary/aromatic N) is 4. The molecule has 0 saturated carbocycles. The second kappa shape index (κ2) is 10.1. The molecule has 11 heteroatoms. The van der Waals surface area contributed by atoms with Crippen LogP contribution in [0.3, 0.4) is 0 Å². The number of methoxy groups -OCH3 is 3. The Hall–Kier alpha value is -3.05. The van der Waals surface area contributed by atoms with E-state index in [0.29, 0.717) is 39.9 Å². The minimum Gasteiger partial charge on any atom is -0.493 e. The molecule has 1 N–H and O–H groups in total. The van der Waals surface area contributed by atoms with E-state index in [2.05, 4.69) is 27.1 Å². The monoisotopic (exact) mass is 447 g/mol. The number of amides is 1. The minimum absolute atomic E-state index is 0.169. The number of carbonyl (C=O) groups is 1. The van der Waals surface area contributed by atoms with Crippen LogP contribution in [-0.2, 0) is 11.3 Å². The molecule has 3 aromatic rings. The third-order valence-electron chi connectivity index (χ3n) is 3.96. The zero-order valence-electron chi connectivity index (χ0n) is 16.7. The predicted octanol–water partition coefficient (Wildman–Crippen LogP) is 3.34. The molecule has 1 amide bonds. The van der Waals surface area contributed by atoms with E-state index in [0.717, 1.165) is 5.56 Å². The van der Waals surface area contributed by atoms with Gasteiger partial charge in [0.05, 0.1) is 27.1 Å². The molecule has 0 spiro atoms. The van der Waals surface area contributed by atoms with Gasteiger partial charge in [0.2, 0.25) is 11.7 Å². The Bertz CT molecular complexity index is 995. The van der Waals surface area contributed by atoms with Crippen LogP contribution in [0.25, 0.3) is 11.4 Å². The van der Waals surface area contributed by atoms with Gasteiger partial charge < -0.3 is 19.5 Å². The van der Waals surface area contributed by atoms with Gasteiger partial charge >= 0.3 is 0 Å². The highest BCUT2D eigenvalue weighted by Gasteiger charge is 2.20. The van der Waals surface area contributed by atoms with Crippen molar-refractivity contribution in [2.75, 3.05) is 32.4 Å². The smallest absolute Gasteiger partial charge is 0.236 e. The zero-order valence-corrected chi connectivity index (χ0v) is 18.4. The van der Waals surface area contributed by atoms with Crippen molar-refractivity contribution in [2.24, 2.45) is 0 Å². The molecule has 0 aliphatic carbocycles. The number of rotatable bonds is 10. The van der Waals surface area contributed by atoms with E-state index in [1.165, 1.54) is 23.1 Å². The maximum Gasteiger partial charge on any atom is 0.236 e. The van der Waals surface area contributed by atoms with E-state index < -0.39 is 0 Å². The summed E-state index contributed by atoms with van der Waals surface area (Å²) in [6, 6.07) is 3.60. The van der Waals surface area contributed by atoms with Crippen LogP contribution in [0.5, 0.6) is 17.2 Å². The number of anilines is 1. The quantitative estimate of drug-likeness (QED) is 0.373. The van der Waals surface area contributed by atoms with Gasteiger partial charge in [-0.2, -0.15) is 0 Å². The van der Waals surface area contributed by atoms with Gasteiger partial charge in [-0.05, 0) is 12.1 Å². The summed E-state index contributed by atoms with van der Waals surface area (Å²) in [6.07, 6.45) is 3.38. The molecule has 9 nitrogen and oxygen atoms in total. The lowest BCUT2D eigenvalue weighted by Crippen LogP contribution is -2.14. The molecule has 0 unspecified atom stereocenters. The Balaban J connectivity index is 1.87. The van der Waals surface area contributed by atoms with Crippen molar-refractivity contribution in [1.82, 2.24) is 19.7 Å². The molecule has 1 aromatic carbocycles. The van der Waals surface area contributed by atoms with E-state index in [1.54, 1.807) is 51.1 Å². The summed E-state index contributed by atoms with van der Waals surface area (Å²) in [6.45, 7) is 4.28. The normalized spacial score (nSPS) is 10.5. The third kappa shape index (κ3) is 4.74. The van der Waals surface area contributed by atoms with Gasteiger partial charge in [-0.3, -0.25) is 9.36 Å². The van der Waals surface area contributed by atoms with Crippen LogP contribution in [0.4, 0.5) is 5.13 Å². The largest absolute Gasteiger partial charge is 0.493 e. The Kier molecular flexibility index (Phi) is 7.31. The average molecular weight is 448 g/mol. The maximum atomic E-state index is 12.2.